The fourth-order valence-corrected chi connectivity index (χ4v) is 2.13. The molecule has 0 spiro atoms. The van der Waals surface area contributed by atoms with Gasteiger partial charge in [-0.15, -0.1) is 0 Å². The first-order valence-electron chi connectivity index (χ1n) is 5.31. The predicted octanol–water partition coefficient (Wildman–Crippen LogP) is 0.827. The minimum atomic E-state index is -4.33. The molecule has 0 fully saturated rings. The Labute approximate surface area is 114 Å². The second-order valence-corrected chi connectivity index (χ2v) is 5.81. The fourth-order valence-electron chi connectivity index (χ4n) is 1.22. The van der Waals surface area contributed by atoms with Crippen LogP contribution in [0, 0.1) is 5.82 Å². The minimum absolute atomic E-state index is 0.0745. The van der Waals surface area contributed by atoms with Crippen LogP contribution in [-0.4, -0.2) is 37.8 Å². The number of hydrogen-bond donors (Lipinski definition) is 2. The standard InChI is InChI=1S/C11H12FNO6S/c1-6(10(14)15)20(17,18)13-9-5-7(11(16)19-2)3-4-8(9)12/h3-6,13H,1-2H3,(H,14,15). The number of sulfonamides is 1. The van der Waals surface area contributed by atoms with Gasteiger partial charge in [-0.3, -0.25) is 9.52 Å². The number of carbonyl (C=O) groups excluding carboxylic acids is 1. The maximum atomic E-state index is 13.5. The lowest BCUT2D eigenvalue weighted by Gasteiger charge is -2.12. The number of methoxy groups -OCH3 is 1. The third kappa shape index (κ3) is 3.44. The Kier molecular flexibility index (Phi) is 4.66. The summed E-state index contributed by atoms with van der Waals surface area (Å²) >= 11 is 0. The molecular weight excluding hydrogens is 293 g/mol. The molecule has 0 saturated heterocycles. The molecule has 9 heteroatoms. The molecule has 0 saturated carbocycles. The average molecular weight is 305 g/mol. The summed E-state index contributed by atoms with van der Waals surface area (Å²) in [5, 5.41) is 6.88. The molecule has 1 rings (SSSR count). The van der Waals surface area contributed by atoms with Crippen LogP contribution < -0.4 is 4.72 Å². The topological polar surface area (TPSA) is 110 Å². The number of carboxylic acids is 1. The Morgan fingerprint density at radius 2 is 2.00 bits per heavy atom. The zero-order chi connectivity index (χ0) is 15.5. The first-order chi connectivity index (χ1) is 9.19. The number of benzene rings is 1. The summed E-state index contributed by atoms with van der Waals surface area (Å²) < 4.78 is 43.1. The van der Waals surface area contributed by atoms with Gasteiger partial charge in [0.15, 0.2) is 5.25 Å². The van der Waals surface area contributed by atoms with Crippen LogP contribution in [0.3, 0.4) is 0 Å². The second-order valence-electron chi connectivity index (χ2n) is 3.81. The number of rotatable bonds is 5. The fraction of sp³-hybridized carbons (Fsp3) is 0.273. The average Bonchev–Trinajstić information content (AvgIpc) is 2.39. The number of aliphatic carboxylic acids is 1. The van der Waals surface area contributed by atoms with Crippen molar-refractivity contribution in [3.63, 3.8) is 0 Å². The molecule has 0 aliphatic rings. The van der Waals surface area contributed by atoms with Gasteiger partial charge in [-0.05, 0) is 25.1 Å². The maximum absolute atomic E-state index is 13.5. The highest BCUT2D eigenvalue weighted by Crippen LogP contribution is 2.19. The van der Waals surface area contributed by atoms with Gasteiger partial charge in [0.1, 0.15) is 5.82 Å². The van der Waals surface area contributed by atoms with Gasteiger partial charge in [0.25, 0.3) is 0 Å². The van der Waals surface area contributed by atoms with Crippen LogP contribution in [-0.2, 0) is 19.6 Å². The Balaban J connectivity index is 3.15. The van der Waals surface area contributed by atoms with Crippen molar-refractivity contribution in [2.45, 2.75) is 12.2 Å². The summed E-state index contributed by atoms with van der Waals surface area (Å²) in [6, 6.07) is 2.91. The van der Waals surface area contributed by atoms with Crippen LogP contribution in [0.2, 0.25) is 0 Å². The van der Waals surface area contributed by atoms with E-state index in [0.717, 1.165) is 32.2 Å². The summed E-state index contributed by atoms with van der Waals surface area (Å²) in [5.74, 6) is -3.31. The van der Waals surface area contributed by atoms with Crippen LogP contribution in [0.25, 0.3) is 0 Å². The molecule has 20 heavy (non-hydrogen) atoms. The molecule has 0 aromatic heterocycles. The Morgan fingerprint density at radius 1 is 1.40 bits per heavy atom. The van der Waals surface area contributed by atoms with Gasteiger partial charge in [0.2, 0.25) is 10.0 Å². The third-order valence-corrected chi connectivity index (χ3v) is 4.09. The molecule has 1 aromatic rings. The predicted molar refractivity (Wildman–Crippen MR) is 67.4 cm³/mol. The highest BCUT2D eigenvalue weighted by Gasteiger charge is 2.28. The SMILES string of the molecule is COC(=O)c1ccc(F)c(NS(=O)(=O)C(C)C(=O)O)c1. The van der Waals surface area contributed by atoms with Gasteiger partial charge in [-0.2, -0.15) is 0 Å². The lowest BCUT2D eigenvalue weighted by molar-refractivity contribution is -0.136. The molecule has 0 heterocycles. The summed E-state index contributed by atoms with van der Waals surface area (Å²) in [5.41, 5.74) is -0.601. The molecule has 0 aliphatic carbocycles. The number of hydrogen-bond acceptors (Lipinski definition) is 5. The summed E-state index contributed by atoms with van der Waals surface area (Å²) in [6.45, 7) is 0.937. The summed E-state index contributed by atoms with van der Waals surface area (Å²) in [4.78, 5) is 21.9. The van der Waals surface area contributed by atoms with E-state index in [4.69, 9.17) is 5.11 Å². The van der Waals surface area contributed by atoms with Crippen molar-refractivity contribution in [2.24, 2.45) is 0 Å². The number of halogens is 1. The van der Waals surface area contributed by atoms with Crippen molar-refractivity contribution in [3.05, 3.63) is 29.6 Å². The smallest absolute Gasteiger partial charge is 0.337 e. The van der Waals surface area contributed by atoms with Gasteiger partial charge in [-0.25, -0.2) is 17.6 Å². The van der Waals surface area contributed by atoms with Gasteiger partial charge < -0.3 is 9.84 Å². The number of nitrogens with one attached hydrogen (secondary N) is 1. The van der Waals surface area contributed by atoms with E-state index in [1.165, 1.54) is 0 Å². The minimum Gasteiger partial charge on any atom is -0.480 e. The van der Waals surface area contributed by atoms with Gasteiger partial charge in [-0.1, -0.05) is 0 Å². The zero-order valence-corrected chi connectivity index (χ0v) is 11.4. The van der Waals surface area contributed by atoms with Gasteiger partial charge in [0, 0.05) is 0 Å². The molecule has 110 valence electrons. The maximum Gasteiger partial charge on any atom is 0.337 e. The zero-order valence-electron chi connectivity index (χ0n) is 10.6. The number of anilines is 1. The number of esters is 1. The van der Waals surface area contributed by atoms with Crippen LogP contribution in [0.1, 0.15) is 17.3 Å². The van der Waals surface area contributed by atoms with E-state index in [9.17, 15) is 22.4 Å². The van der Waals surface area contributed by atoms with Crippen LogP contribution in [0.5, 0.6) is 0 Å². The van der Waals surface area contributed by atoms with E-state index < -0.39 is 38.7 Å². The normalized spacial score (nSPS) is 12.6. The van der Waals surface area contributed by atoms with Gasteiger partial charge >= 0.3 is 11.9 Å². The molecule has 0 aliphatic heterocycles. The van der Waals surface area contributed by atoms with E-state index in [1.54, 1.807) is 4.72 Å². The second kappa shape index (κ2) is 5.87. The highest BCUT2D eigenvalue weighted by atomic mass is 32.2. The Morgan fingerprint density at radius 3 is 2.50 bits per heavy atom. The van der Waals surface area contributed by atoms with Gasteiger partial charge in [0.05, 0.1) is 18.4 Å². The van der Waals surface area contributed by atoms with Crippen molar-refractivity contribution >= 4 is 27.6 Å². The lowest BCUT2D eigenvalue weighted by Crippen LogP contribution is -2.32. The van der Waals surface area contributed by atoms with Crippen molar-refractivity contribution in [3.8, 4) is 0 Å². The molecule has 2 N–H and O–H groups in total. The first-order valence-corrected chi connectivity index (χ1v) is 6.86. The molecule has 1 aromatic carbocycles. The van der Waals surface area contributed by atoms with E-state index in [0.29, 0.717) is 0 Å². The molecule has 0 radical (unpaired) electrons. The Hall–Kier alpha value is -2.16. The molecular formula is C11H12FNO6S. The first kappa shape index (κ1) is 15.9. The van der Waals surface area contributed by atoms with E-state index in [1.807, 2.05) is 0 Å². The molecule has 1 atom stereocenters. The molecule has 0 bridgehead atoms. The van der Waals surface area contributed by atoms with Crippen molar-refractivity contribution in [1.82, 2.24) is 0 Å². The van der Waals surface area contributed by atoms with Crippen molar-refractivity contribution in [2.75, 3.05) is 11.8 Å². The summed E-state index contributed by atoms with van der Waals surface area (Å²) in [7, 11) is -3.21. The number of carboxylic acid groups (broad SMARTS) is 1. The lowest BCUT2D eigenvalue weighted by atomic mass is 10.2. The number of ether oxygens (including phenoxy) is 1. The van der Waals surface area contributed by atoms with Crippen LogP contribution in [0.15, 0.2) is 18.2 Å². The highest BCUT2D eigenvalue weighted by molar-refractivity contribution is 7.94. The number of carbonyl (C=O) groups is 2. The quantitative estimate of drug-likeness (QED) is 0.780. The van der Waals surface area contributed by atoms with Crippen LogP contribution >= 0.6 is 0 Å². The van der Waals surface area contributed by atoms with Crippen LogP contribution in [0.4, 0.5) is 10.1 Å². The van der Waals surface area contributed by atoms with E-state index in [2.05, 4.69) is 4.74 Å². The molecule has 1 unspecified atom stereocenters. The molecule has 7 nitrogen and oxygen atoms in total. The Bertz CT molecular complexity index is 642. The largest absolute Gasteiger partial charge is 0.480 e. The summed E-state index contributed by atoms with van der Waals surface area (Å²) in [6.07, 6.45) is 0. The van der Waals surface area contributed by atoms with Crippen molar-refractivity contribution < 1.29 is 32.2 Å². The molecule has 0 amide bonds. The monoisotopic (exact) mass is 305 g/mol. The van der Waals surface area contributed by atoms with E-state index in [-0.39, 0.29) is 5.56 Å². The third-order valence-electron chi connectivity index (χ3n) is 2.45. The van der Waals surface area contributed by atoms with Crippen molar-refractivity contribution in [1.29, 1.82) is 0 Å². The van der Waals surface area contributed by atoms with E-state index >= 15 is 0 Å².